The second kappa shape index (κ2) is 3.17. The van der Waals surface area contributed by atoms with Crippen LogP contribution >= 0.6 is 11.6 Å². The Bertz CT molecular complexity index is 242. The molecule has 1 aromatic rings. The largest absolute Gasteiger partial charge is 0.255 e. The fraction of sp³-hybridized carbons (Fsp3) is 0.143. The third kappa shape index (κ3) is 1.82. The number of hydrogen-bond donors (Lipinski definition) is 0. The van der Waals surface area contributed by atoms with Crippen molar-refractivity contribution in [3.05, 3.63) is 29.3 Å². The van der Waals surface area contributed by atoms with Crippen LogP contribution in [0.1, 0.15) is 0 Å². The fourth-order valence-corrected chi connectivity index (χ4v) is 1.27. The monoisotopic (exact) mass is 174 g/mol. The van der Waals surface area contributed by atoms with Crippen molar-refractivity contribution in [2.75, 3.05) is 6.26 Å². The lowest BCUT2D eigenvalue weighted by Crippen LogP contribution is -1.84. The van der Waals surface area contributed by atoms with E-state index >= 15 is 0 Å². The maximum Gasteiger partial charge on any atom is 0.0498 e. The van der Waals surface area contributed by atoms with Gasteiger partial charge in [-0.25, -0.2) is 0 Å². The molecule has 0 fully saturated rings. The Kier molecular flexibility index (Phi) is 2.46. The van der Waals surface area contributed by atoms with Gasteiger partial charge in [0.15, 0.2) is 0 Å². The predicted molar refractivity (Wildman–Crippen MR) is 43.8 cm³/mol. The number of benzene rings is 1. The van der Waals surface area contributed by atoms with Crippen LogP contribution in [0.3, 0.4) is 0 Å². The Morgan fingerprint density at radius 2 is 1.80 bits per heavy atom. The van der Waals surface area contributed by atoms with Crippen LogP contribution in [0.15, 0.2) is 29.2 Å². The van der Waals surface area contributed by atoms with Gasteiger partial charge in [0.1, 0.15) is 0 Å². The summed E-state index contributed by atoms with van der Waals surface area (Å²) < 4.78 is 10.8. The standard InChI is InChI=1S/C7H7ClOS/c1-10(9)7-4-2-6(8)3-5-7/h2-5H,1H3/t10-/m0/s1. The van der Waals surface area contributed by atoms with Crippen LogP contribution in [0.4, 0.5) is 0 Å². The average Bonchev–Trinajstić information content (AvgIpc) is 1.88. The van der Waals surface area contributed by atoms with E-state index < -0.39 is 10.8 Å². The van der Waals surface area contributed by atoms with Crippen molar-refractivity contribution in [3.63, 3.8) is 0 Å². The van der Waals surface area contributed by atoms with Gasteiger partial charge in [-0.1, -0.05) is 11.6 Å². The van der Waals surface area contributed by atoms with Crippen LogP contribution in [0, 0.1) is 0 Å². The third-order valence-electron chi connectivity index (χ3n) is 1.15. The second-order valence-corrected chi connectivity index (χ2v) is 3.72. The molecular formula is C7H7ClOS. The Labute approximate surface area is 67.5 Å². The number of rotatable bonds is 1. The first kappa shape index (κ1) is 7.76. The minimum absolute atomic E-state index is 0.675. The lowest BCUT2D eigenvalue weighted by molar-refractivity contribution is 0.687. The molecule has 0 saturated carbocycles. The molecule has 54 valence electrons. The molecule has 1 atom stereocenters. The van der Waals surface area contributed by atoms with Crippen molar-refractivity contribution >= 4 is 22.4 Å². The molecule has 0 aliphatic heterocycles. The van der Waals surface area contributed by atoms with E-state index in [2.05, 4.69) is 0 Å². The molecule has 0 spiro atoms. The number of hydrogen-bond acceptors (Lipinski definition) is 1. The van der Waals surface area contributed by atoms with Crippen LogP contribution in [-0.2, 0) is 10.8 Å². The predicted octanol–water partition coefficient (Wildman–Crippen LogP) is 2.08. The molecule has 0 aromatic heterocycles. The zero-order valence-corrected chi connectivity index (χ0v) is 7.08. The van der Waals surface area contributed by atoms with Crippen LogP contribution < -0.4 is 0 Å². The summed E-state index contributed by atoms with van der Waals surface area (Å²) in [4.78, 5) is 0.810. The van der Waals surface area contributed by atoms with Crippen molar-refractivity contribution in [1.29, 1.82) is 0 Å². The van der Waals surface area contributed by atoms with Gasteiger partial charge in [-0.15, -0.1) is 0 Å². The molecule has 0 N–H and O–H groups in total. The number of halogens is 1. The van der Waals surface area contributed by atoms with E-state index in [9.17, 15) is 4.21 Å². The third-order valence-corrected chi connectivity index (χ3v) is 2.33. The van der Waals surface area contributed by atoms with Crippen molar-refractivity contribution in [2.24, 2.45) is 0 Å². The Balaban J connectivity index is 3.00. The molecule has 0 radical (unpaired) electrons. The van der Waals surface area contributed by atoms with Gasteiger partial charge in [0.2, 0.25) is 0 Å². The molecule has 1 aromatic carbocycles. The smallest absolute Gasteiger partial charge is 0.0498 e. The van der Waals surface area contributed by atoms with Gasteiger partial charge in [0.25, 0.3) is 0 Å². The van der Waals surface area contributed by atoms with Gasteiger partial charge in [-0.3, -0.25) is 4.21 Å². The highest BCUT2D eigenvalue weighted by atomic mass is 35.5. The summed E-state index contributed by atoms with van der Waals surface area (Å²) in [6, 6.07) is 6.99. The molecule has 0 amide bonds. The molecule has 1 nitrogen and oxygen atoms in total. The van der Waals surface area contributed by atoms with Crippen molar-refractivity contribution < 1.29 is 4.21 Å². The zero-order valence-electron chi connectivity index (χ0n) is 5.50. The normalized spacial score (nSPS) is 13.0. The molecule has 0 bridgehead atoms. The van der Waals surface area contributed by atoms with E-state index in [0.717, 1.165) is 4.90 Å². The quantitative estimate of drug-likeness (QED) is 0.637. The Morgan fingerprint density at radius 1 is 1.30 bits per heavy atom. The lowest BCUT2D eigenvalue weighted by Gasteiger charge is -1.93. The highest BCUT2D eigenvalue weighted by Gasteiger charge is 1.94. The highest BCUT2D eigenvalue weighted by molar-refractivity contribution is 7.84. The first-order chi connectivity index (χ1) is 4.70. The van der Waals surface area contributed by atoms with Crippen LogP contribution in [-0.4, -0.2) is 10.5 Å². The molecule has 1 rings (SSSR count). The van der Waals surface area contributed by atoms with Crippen LogP contribution in [0.2, 0.25) is 5.02 Å². The molecule has 0 unspecified atom stereocenters. The average molecular weight is 175 g/mol. The minimum atomic E-state index is -0.896. The van der Waals surface area contributed by atoms with Gasteiger partial charge < -0.3 is 0 Å². The van der Waals surface area contributed by atoms with E-state index in [1.165, 1.54) is 0 Å². The first-order valence-electron chi connectivity index (χ1n) is 2.79. The molecule has 0 aliphatic carbocycles. The SMILES string of the molecule is C[S@](=O)c1ccc(Cl)cc1. The Hall–Kier alpha value is -0.340. The van der Waals surface area contributed by atoms with Crippen LogP contribution in [0.25, 0.3) is 0 Å². The summed E-state index contributed by atoms with van der Waals surface area (Å²) in [6.07, 6.45) is 1.64. The van der Waals surface area contributed by atoms with E-state index in [0.29, 0.717) is 5.02 Å². The molecule has 0 aliphatic rings. The van der Waals surface area contributed by atoms with E-state index in [4.69, 9.17) is 11.6 Å². The minimum Gasteiger partial charge on any atom is -0.255 e. The summed E-state index contributed by atoms with van der Waals surface area (Å²) in [5, 5.41) is 0.675. The van der Waals surface area contributed by atoms with Crippen LogP contribution in [0.5, 0.6) is 0 Å². The lowest BCUT2D eigenvalue weighted by atomic mass is 10.4. The van der Waals surface area contributed by atoms with E-state index in [1.807, 2.05) is 0 Å². The van der Waals surface area contributed by atoms with E-state index in [1.54, 1.807) is 30.5 Å². The van der Waals surface area contributed by atoms with Crippen molar-refractivity contribution in [3.8, 4) is 0 Å². The second-order valence-electron chi connectivity index (χ2n) is 1.91. The maximum absolute atomic E-state index is 10.8. The first-order valence-corrected chi connectivity index (χ1v) is 4.73. The van der Waals surface area contributed by atoms with Gasteiger partial charge in [0.05, 0.1) is 0 Å². The highest BCUT2D eigenvalue weighted by Crippen LogP contribution is 2.11. The summed E-state index contributed by atoms with van der Waals surface area (Å²) in [6.45, 7) is 0. The van der Waals surface area contributed by atoms with Gasteiger partial charge >= 0.3 is 0 Å². The molecule has 0 saturated heterocycles. The molecule has 3 heteroatoms. The van der Waals surface area contributed by atoms with Crippen molar-refractivity contribution in [2.45, 2.75) is 4.90 Å². The Morgan fingerprint density at radius 3 is 2.20 bits per heavy atom. The van der Waals surface area contributed by atoms with Gasteiger partial charge in [-0.05, 0) is 24.3 Å². The zero-order chi connectivity index (χ0) is 7.56. The van der Waals surface area contributed by atoms with Crippen molar-refractivity contribution in [1.82, 2.24) is 0 Å². The summed E-state index contributed by atoms with van der Waals surface area (Å²) in [5.41, 5.74) is 0. The molecule has 10 heavy (non-hydrogen) atoms. The maximum atomic E-state index is 10.8. The summed E-state index contributed by atoms with van der Waals surface area (Å²) in [5.74, 6) is 0. The van der Waals surface area contributed by atoms with Gasteiger partial charge in [-0.2, -0.15) is 0 Å². The molecule has 0 heterocycles. The molecular weight excluding hydrogens is 168 g/mol. The fourth-order valence-electron chi connectivity index (χ4n) is 0.626. The summed E-state index contributed by atoms with van der Waals surface area (Å²) >= 11 is 5.62. The topological polar surface area (TPSA) is 17.1 Å². The van der Waals surface area contributed by atoms with E-state index in [-0.39, 0.29) is 0 Å². The van der Waals surface area contributed by atoms with Gasteiger partial charge in [0, 0.05) is 27.0 Å². The summed E-state index contributed by atoms with van der Waals surface area (Å²) in [7, 11) is -0.896.